The molecule has 4 nitrogen and oxygen atoms in total. The summed E-state index contributed by atoms with van der Waals surface area (Å²) in [5.41, 5.74) is 0.724. The molecule has 106 valence electrons. The first-order valence-electron chi connectivity index (χ1n) is 6.47. The molecule has 1 aliphatic carbocycles. The third-order valence-corrected chi connectivity index (χ3v) is 4.51. The van der Waals surface area contributed by atoms with Crippen LogP contribution in [0.3, 0.4) is 0 Å². The molecule has 4 rings (SSSR count). The standard InChI is InChI=1S/C16H7FN2O2S/c17-10-6-2-1-4-8(10)16-19-12-13(20)9-5-3-7-18-11(9)14(21)15(12)22-16/h1-7H. The molecule has 22 heavy (non-hydrogen) atoms. The van der Waals surface area contributed by atoms with Crippen LogP contribution in [-0.2, 0) is 0 Å². The summed E-state index contributed by atoms with van der Waals surface area (Å²) in [5, 5.41) is 0.317. The van der Waals surface area contributed by atoms with Gasteiger partial charge >= 0.3 is 0 Å². The molecule has 2 heterocycles. The lowest BCUT2D eigenvalue weighted by atomic mass is 9.96. The number of ketones is 2. The summed E-state index contributed by atoms with van der Waals surface area (Å²) in [6.45, 7) is 0. The molecule has 0 bridgehead atoms. The third kappa shape index (κ3) is 1.74. The van der Waals surface area contributed by atoms with Gasteiger partial charge in [-0.15, -0.1) is 11.3 Å². The van der Waals surface area contributed by atoms with E-state index in [2.05, 4.69) is 9.97 Å². The van der Waals surface area contributed by atoms with Crippen molar-refractivity contribution in [2.75, 3.05) is 0 Å². The highest BCUT2D eigenvalue weighted by Crippen LogP contribution is 2.35. The average molecular weight is 310 g/mol. The Hall–Kier alpha value is -2.73. The Morgan fingerprint density at radius 2 is 1.68 bits per heavy atom. The summed E-state index contributed by atoms with van der Waals surface area (Å²) < 4.78 is 13.9. The van der Waals surface area contributed by atoms with E-state index in [-0.39, 0.29) is 39.0 Å². The maximum absolute atomic E-state index is 13.9. The number of hydrogen-bond acceptors (Lipinski definition) is 5. The number of aromatic nitrogens is 2. The first kappa shape index (κ1) is 13.0. The summed E-state index contributed by atoms with van der Waals surface area (Å²) in [7, 11) is 0. The van der Waals surface area contributed by atoms with Crippen LogP contribution in [0.2, 0.25) is 0 Å². The van der Waals surface area contributed by atoms with Crippen molar-refractivity contribution < 1.29 is 14.0 Å². The molecule has 6 heteroatoms. The van der Waals surface area contributed by atoms with Crippen molar-refractivity contribution in [3.63, 3.8) is 0 Å². The molecule has 0 unspecified atom stereocenters. The van der Waals surface area contributed by atoms with Gasteiger partial charge in [0.1, 0.15) is 27.1 Å². The van der Waals surface area contributed by atoms with Crippen molar-refractivity contribution in [3.8, 4) is 10.6 Å². The molecule has 0 amide bonds. The van der Waals surface area contributed by atoms with Crippen LogP contribution in [0.1, 0.15) is 31.4 Å². The van der Waals surface area contributed by atoms with Gasteiger partial charge in [0.15, 0.2) is 0 Å². The van der Waals surface area contributed by atoms with Crippen LogP contribution >= 0.6 is 11.3 Å². The third-order valence-electron chi connectivity index (χ3n) is 3.42. The van der Waals surface area contributed by atoms with E-state index in [9.17, 15) is 14.0 Å². The molecule has 0 N–H and O–H groups in total. The van der Waals surface area contributed by atoms with Gasteiger partial charge in [-0.05, 0) is 24.3 Å². The van der Waals surface area contributed by atoms with Crippen molar-refractivity contribution in [2.24, 2.45) is 0 Å². The lowest BCUT2D eigenvalue weighted by Gasteiger charge is -2.10. The molecule has 0 saturated carbocycles. The van der Waals surface area contributed by atoms with Crippen molar-refractivity contribution in [1.82, 2.24) is 9.97 Å². The fraction of sp³-hybridized carbons (Fsp3) is 0. The molecule has 0 aliphatic heterocycles. The Morgan fingerprint density at radius 1 is 0.909 bits per heavy atom. The number of thiazole rings is 1. The lowest BCUT2D eigenvalue weighted by Crippen LogP contribution is -2.20. The van der Waals surface area contributed by atoms with Crippen LogP contribution in [0, 0.1) is 5.82 Å². The highest BCUT2D eigenvalue weighted by Gasteiger charge is 2.34. The molecule has 0 radical (unpaired) electrons. The van der Waals surface area contributed by atoms with Gasteiger partial charge in [0.25, 0.3) is 0 Å². The highest BCUT2D eigenvalue weighted by atomic mass is 32.1. The van der Waals surface area contributed by atoms with Crippen molar-refractivity contribution in [2.45, 2.75) is 0 Å². The molecule has 3 aromatic rings. The van der Waals surface area contributed by atoms with Gasteiger partial charge in [-0.2, -0.15) is 0 Å². The maximum Gasteiger partial charge on any atom is 0.224 e. The fourth-order valence-electron chi connectivity index (χ4n) is 2.38. The van der Waals surface area contributed by atoms with E-state index < -0.39 is 5.82 Å². The summed E-state index contributed by atoms with van der Waals surface area (Å²) in [6.07, 6.45) is 1.47. The fourth-order valence-corrected chi connectivity index (χ4v) is 3.41. The molecule has 0 saturated heterocycles. The van der Waals surface area contributed by atoms with Gasteiger partial charge in [0.05, 0.1) is 5.56 Å². The number of hydrogen-bond donors (Lipinski definition) is 0. The molecule has 0 atom stereocenters. The Labute approximate surface area is 128 Å². The van der Waals surface area contributed by atoms with Gasteiger partial charge in [0, 0.05) is 11.8 Å². The molecular formula is C16H7FN2O2S. The second kappa shape index (κ2) is 4.64. The zero-order chi connectivity index (χ0) is 15.3. The molecule has 2 aromatic heterocycles. The minimum Gasteiger partial charge on any atom is -0.287 e. The number of carbonyl (C=O) groups excluding carboxylic acids is 2. The zero-order valence-electron chi connectivity index (χ0n) is 11.0. The quantitative estimate of drug-likeness (QED) is 0.542. The van der Waals surface area contributed by atoms with E-state index in [1.165, 1.54) is 12.3 Å². The van der Waals surface area contributed by atoms with Gasteiger partial charge in [-0.1, -0.05) is 12.1 Å². The topological polar surface area (TPSA) is 59.9 Å². The first-order chi connectivity index (χ1) is 10.7. The summed E-state index contributed by atoms with van der Waals surface area (Å²) in [6, 6.07) is 9.28. The second-order valence-corrected chi connectivity index (χ2v) is 5.73. The summed E-state index contributed by atoms with van der Waals surface area (Å²) >= 11 is 1.02. The van der Waals surface area contributed by atoms with Crippen LogP contribution in [0.25, 0.3) is 10.6 Å². The first-order valence-corrected chi connectivity index (χ1v) is 7.28. The average Bonchev–Trinajstić information content (AvgIpc) is 2.98. The molecule has 0 fully saturated rings. The van der Waals surface area contributed by atoms with E-state index >= 15 is 0 Å². The zero-order valence-corrected chi connectivity index (χ0v) is 11.9. The predicted molar refractivity (Wildman–Crippen MR) is 78.6 cm³/mol. The van der Waals surface area contributed by atoms with E-state index in [0.717, 1.165) is 11.3 Å². The van der Waals surface area contributed by atoms with Crippen LogP contribution in [0.15, 0.2) is 42.6 Å². The number of halogens is 1. The van der Waals surface area contributed by atoms with E-state index in [1.807, 2.05) is 0 Å². The Kier molecular flexibility index (Phi) is 2.74. The monoisotopic (exact) mass is 310 g/mol. The molecule has 1 aliphatic rings. The van der Waals surface area contributed by atoms with Crippen LogP contribution in [0.4, 0.5) is 4.39 Å². The summed E-state index contributed by atoms with van der Waals surface area (Å²) in [5.74, 6) is -1.13. The minimum absolute atomic E-state index is 0.0775. The number of benzene rings is 1. The summed E-state index contributed by atoms with van der Waals surface area (Å²) in [4.78, 5) is 33.3. The normalized spacial score (nSPS) is 13.0. The van der Waals surface area contributed by atoms with Gasteiger partial charge < -0.3 is 0 Å². The van der Waals surface area contributed by atoms with Gasteiger partial charge in [0.2, 0.25) is 11.6 Å². The number of pyridine rings is 1. The lowest BCUT2D eigenvalue weighted by molar-refractivity contribution is 0.0975. The van der Waals surface area contributed by atoms with E-state index in [4.69, 9.17) is 0 Å². The highest BCUT2D eigenvalue weighted by molar-refractivity contribution is 7.17. The van der Waals surface area contributed by atoms with Crippen LogP contribution in [-0.4, -0.2) is 21.5 Å². The molecule has 0 spiro atoms. The second-order valence-electron chi connectivity index (χ2n) is 4.73. The van der Waals surface area contributed by atoms with Crippen molar-refractivity contribution in [1.29, 1.82) is 0 Å². The maximum atomic E-state index is 13.9. The Morgan fingerprint density at radius 3 is 2.50 bits per heavy atom. The predicted octanol–water partition coefficient (Wildman–Crippen LogP) is 3.12. The minimum atomic E-state index is -0.441. The van der Waals surface area contributed by atoms with Crippen LogP contribution < -0.4 is 0 Å². The number of nitrogens with zero attached hydrogens (tertiary/aromatic N) is 2. The van der Waals surface area contributed by atoms with E-state index in [1.54, 1.807) is 30.3 Å². The van der Waals surface area contributed by atoms with Crippen molar-refractivity contribution >= 4 is 22.9 Å². The smallest absolute Gasteiger partial charge is 0.224 e. The van der Waals surface area contributed by atoms with Gasteiger partial charge in [-0.3, -0.25) is 14.6 Å². The number of rotatable bonds is 1. The van der Waals surface area contributed by atoms with Crippen LogP contribution in [0.5, 0.6) is 0 Å². The van der Waals surface area contributed by atoms with Gasteiger partial charge in [-0.25, -0.2) is 9.37 Å². The number of carbonyl (C=O) groups is 2. The number of fused-ring (bicyclic) bond motifs is 2. The van der Waals surface area contributed by atoms with Crippen molar-refractivity contribution in [3.05, 3.63) is 70.2 Å². The Balaban J connectivity index is 1.93. The molecule has 1 aromatic carbocycles. The Bertz CT molecular complexity index is 896. The van der Waals surface area contributed by atoms with E-state index in [0.29, 0.717) is 5.01 Å². The largest absolute Gasteiger partial charge is 0.287 e. The SMILES string of the molecule is O=C1c2cccnc2C(=O)c2sc(-c3ccccc3F)nc21. The molecular weight excluding hydrogens is 303 g/mol.